The van der Waals surface area contributed by atoms with Gasteiger partial charge in [-0.25, -0.2) is 17.9 Å². The van der Waals surface area contributed by atoms with Gasteiger partial charge in [0.05, 0.1) is 25.8 Å². The number of benzene rings is 2. The normalized spacial score (nSPS) is 15.6. The van der Waals surface area contributed by atoms with Crippen LogP contribution >= 0.6 is 0 Å². The molecule has 2 aromatic carbocycles. The average molecular weight is 476 g/mol. The minimum Gasteiger partial charge on any atom is -0.415 e. The summed E-state index contributed by atoms with van der Waals surface area (Å²) < 4.78 is 72.3. The van der Waals surface area contributed by atoms with E-state index in [0.29, 0.717) is 17.8 Å². The summed E-state index contributed by atoms with van der Waals surface area (Å²) in [6.07, 6.45) is -1.26. The van der Waals surface area contributed by atoms with E-state index in [0.717, 1.165) is 17.2 Å². The molecule has 0 amide bonds. The fourth-order valence-electron chi connectivity index (χ4n) is 3.74. The van der Waals surface area contributed by atoms with Crippen molar-refractivity contribution < 1.29 is 26.4 Å². The lowest BCUT2D eigenvalue weighted by Gasteiger charge is -2.38. The number of halogens is 5. The standard InChI is InChI=1S/C22H17F5N6O/c23-17-7-15(20-29-30-21(34-20)19(24)25)4-5-16(17)9-33-10-18(28-31-33)14-3-1-2-13(6-14)8-32-11-22(26,27)12-32/h1-7,10,19H,8-9,11-12H2. The molecule has 0 radical (unpaired) electrons. The van der Waals surface area contributed by atoms with Gasteiger partial charge in [-0.3, -0.25) is 4.90 Å². The molecule has 3 heterocycles. The quantitative estimate of drug-likeness (QED) is 0.364. The predicted molar refractivity (Wildman–Crippen MR) is 109 cm³/mol. The molecule has 7 nitrogen and oxygen atoms in total. The molecule has 1 saturated heterocycles. The van der Waals surface area contributed by atoms with Crippen molar-refractivity contribution in [3.8, 4) is 22.7 Å². The van der Waals surface area contributed by atoms with Crippen LogP contribution in [0.1, 0.15) is 23.4 Å². The Morgan fingerprint density at radius 2 is 1.79 bits per heavy atom. The maximum absolute atomic E-state index is 14.6. The van der Waals surface area contributed by atoms with Gasteiger partial charge in [0.2, 0.25) is 5.89 Å². The first kappa shape index (κ1) is 22.1. The second-order valence-corrected chi connectivity index (χ2v) is 8.06. The van der Waals surface area contributed by atoms with Crippen LogP contribution in [-0.4, -0.2) is 49.1 Å². The van der Waals surface area contributed by atoms with E-state index < -0.39 is 24.1 Å². The zero-order valence-corrected chi connectivity index (χ0v) is 17.5. The molecular weight excluding hydrogens is 459 g/mol. The van der Waals surface area contributed by atoms with Gasteiger partial charge in [-0.2, -0.15) is 8.78 Å². The number of nitrogens with zero attached hydrogens (tertiary/aromatic N) is 6. The number of hydrogen-bond acceptors (Lipinski definition) is 6. The minimum atomic E-state index is -2.91. The molecule has 0 bridgehead atoms. The Morgan fingerprint density at radius 1 is 0.971 bits per heavy atom. The summed E-state index contributed by atoms with van der Waals surface area (Å²) >= 11 is 0. The fourth-order valence-corrected chi connectivity index (χ4v) is 3.74. The molecule has 0 aliphatic carbocycles. The third kappa shape index (κ3) is 4.67. The van der Waals surface area contributed by atoms with Gasteiger partial charge in [-0.15, -0.1) is 15.3 Å². The molecule has 0 saturated carbocycles. The molecule has 34 heavy (non-hydrogen) atoms. The lowest BCUT2D eigenvalue weighted by molar-refractivity contribution is -0.133. The van der Waals surface area contributed by atoms with Crippen LogP contribution in [0.25, 0.3) is 22.7 Å². The monoisotopic (exact) mass is 476 g/mol. The maximum Gasteiger partial charge on any atom is 0.314 e. The largest absolute Gasteiger partial charge is 0.415 e. The number of alkyl halides is 4. The smallest absolute Gasteiger partial charge is 0.314 e. The molecule has 2 aromatic heterocycles. The average Bonchev–Trinajstić information content (AvgIpc) is 3.44. The summed E-state index contributed by atoms with van der Waals surface area (Å²) in [7, 11) is 0. The van der Waals surface area contributed by atoms with Gasteiger partial charge in [0, 0.05) is 23.2 Å². The van der Waals surface area contributed by atoms with E-state index >= 15 is 0 Å². The molecule has 1 fully saturated rings. The van der Waals surface area contributed by atoms with Gasteiger partial charge in [0.25, 0.3) is 11.8 Å². The number of rotatable bonds is 7. The van der Waals surface area contributed by atoms with Crippen LogP contribution in [0.15, 0.2) is 53.1 Å². The van der Waals surface area contributed by atoms with Crippen molar-refractivity contribution in [1.29, 1.82) is 0 Å². The molecule has 0 spiro atoms. The summed E-state index contributed by atoms with van der Waals surface area (Å²) in [4.78, 5) is 1.66. The Labute approximate surface area is 189 Å². The molecular formula is C22H17F5N6O. The first-order chi connectivity index (χ1) is 16.3. The van der Waals surface area contributed by atoms with Crippen molar-refractivity contribution in [2.75, 3.05) is 13.1 Å². The summed E-state index contributed by atoms with van der Waals surface area (Å²) in [6, 6.07) is 11.4. The molecule has 12 heteroatoms. The molecule has 4 aromatic rings. The molecule has 1 aliphatic heterocycles. The molecule has 0 unspecified atom stereocenters. The lowest BCUT2D eigenvalue weighted by atomic mass is 10.1. The first-order valence-electron chi connectivity index (χ1n) is 10.3. The second kappa shape index (κ2) is 8.60. The van der Waals surface area contributed by atoms with Crippen LogP contribution < -0.4 is 0 Å². The topological polar surface area (TPSA) is 72.9 Å². The number of aromatic nitrogens is 5. The van der Waals surface area contributed by atoms with Crippen LogP contribution in [0.3, 0.4) is 0 Å². The van der Waals surface area contributed by atoms with Crippen molar-refractivity contribution in [1.82, 2.24) is 30.1 Å². The predicted octanol–water partition coefficient (Wildman–Crippen LogP) is 4.57. The Hall–Kier alpha value is -3.67. The third-order valence-corrected chi connectivity index (χ3v) is 5.34. The highest BCUT2D eigenvalue weighted by atomic mass is 19.3. The number of hydrogen-bond donors (Lipinski definition) is 0. The zero-order chi connectivity index (χ0) is 23.9. The second-order valence-electron chi connectivity index (χ2n) is 8.06. The molecule has 1 aliphatic rings. The van der Waals surface area contributed by atoms with E-state index in [9.17, 15) is 22.0 Å². The van der Waals surface area contributed by atoms with Crippen molar-refractivity contribution in [2.45, 2.75) is 25.4 Å². The van der Waals surface area contributed by atoms with Crippen LogP contribution in [0.5, 0.6) is 0 Å². The molecule has 5 rings (SSSR count). The van der Waals surface area contributed by atoms with Gasteiger partial charge >= 0.3 is 6.43 Å². The summed E-state index contributed by atoms with van der Waals surface area (Å²) in [6.45, 7) is -0.0168. The Kier molecular flexibility index (Phi) is 5.60. The van der Waals surface area contributed by atoms with E-state index in [-0.39, 0.29) is 31.1 Å². The van der Waals surface area contributed by atoms with Crippen molar-refractivity contribution in [3.05, 3.63) is 71.5 Å². The Balaban J connectivity index is 1.28. The molecule has 176 valence electrons. The van der Waals surface area contributed by atoms with Gasteiger partial charge in [0.15, 0.2) is 0 Å². The lowest BCUT2D eigenvalue weighted by Crippen LogP contribution is -2.55. The van der Waals surface area contributed by atoms with Crippen LogP contribution in [0, 0.1) is 5.82 Å². The van der Waals surface area contributed by atoms with Gasteiger partial charge < -0.3 is 4.42 Å². The fraction of sp³-hybridized carbons (Fsp3) is 0.273. The van der Waals surface area contributed by atoms with Crippen LogP contribution in [0.4, 0.5) is 22.0 Å². The van der Waals surface area contributed by atoms with Crippen molar-refractivity contribution in [2.24, 2.45) is 0 Å². The summed E-state index contributed by atoms with van der Waals surface area (Å²) in [5, 5.41) is 14.9. The number of likely N-dealkylation sites (tertiary alicyclic amines) is 1. The van der Waals surface area contributed by atoms with E-state index in [1.54, 1.807) is 11.1 Å². The third-order valence-electron chi connectivity index (χ3n) is 5.34. The highest BCUT2D eigenvalue weighted by Crippen LogP contribution is 2.29. The maximum atomic E-state index is 14.6. The van der Waals surface area contributed by atoms with E-state index in [4.69, 9.17) is 4.42 Å². The zero-order valence-electron chi connectivity index (χ0n) is 17.5. The van der Waals surface area contributed by atoms with Gasteiger partial charge in [-0.1, -0.05) is 29.5 Å². The van der Waals surface area contributed by atoms with Crippen LogP contribution in [-0.2, 0) is 13.1 Å². The first-order valence-corrected chi connectivity index (χ1v) is 10.3. The van der Waals surface area contributed by atoms with Crippen molar-refractivity contribution in [3.63, 3.8) is 0 Å². The Morgan fingerprint density at radius 3 is 2.50 bits per heavy atom. The summed E-state index contributed by atoms with van der Waals surface area (Å²) in [5.74, 6) is -4.25. The minimum absolute atomic E-state index is 0.0772. The van der Waals surface area contributed by atoms with Gasteiger partial charge in [0.1, 0.15) is 11.5 Å². The van der Waals surface area contributed by atoms with Crippen molar-refractivity contribution >= 4 is 0 Å². The van der Waals surface area contributed by atoms with Crippen LogP contribution in [0.2, 0.25) is 0 Å². The highest BCUT2D eigenvalue weighted by Gasteiger charge is 2.43. The summed E-state index contributed by atoms with van der Waals surface area (Å²) in [5.41, 5.74) is 2.66. The Bertz CT molecular complexity index is 1310. The highest BCUT2D eigenvalue weighted by molar-refractivity contribution is 5.59. The SMILES string of the molecule is Fc1cc(-c2nnc(C(F)F)o2)ccc1Cn1cc(-c2cccc(CN3CC(F)(F)C3)c2)nn1. The van der Waals surface area contributed by atoms with E-state index in [2.05, 4.69) is 20.5 Å². The molecule has 0 atom stereocenters. The van der Waals surface area contributed by atoms with E-state index in [1.807, 2.05) is 24.3 Å². The van der Waals surface area contributed by atoms with Gasteiger partial charge in [-0.05, 0) is 23.8 Å². The van der Waals surface area contributed by atoms with E-state index in [1.165, 1.54) is 16.8 Å². The molecule has 0 N–H and O–H groups in total.